The summed E-state index contributed by atoms with van der Waals surface area (Å²) >= 11 is 0. The predicted octanol–water partition coefficient (Wildman–Crippen LogP) is 3.48. The summed E-state index contributed by atoms with van der Waals surface area (Å²) in [6.45, 7) is 3.97. The molecular formula is C17H22N2O. The van der Waals surface area contributed by atoms with E-state index in [9.17, 15) is 0 Å². The van der Waals surface area contributed by atoms with Crippen molar-refractivity contribution in [2.24, 2.45) is 0 Å². The monoisotopic (exact) mass is 270 g/mol. The normalized spacial score (nSPS) is 14.5. The second-order valence-electron chi connectivity index (χ2n) is 5.70. The van der Waals surface area contributed by atoms with Gasteiger partial charge in [-0.2, -0.15) is 0 Å². The Balaban J connectivity index is 1.65. The largest absolute Gasteiger partial charge is 0.467 e. The number of rotatable bonds is 6. The third-order valence-electron chi connectivity index (χ3n) is 3.90. The molecule has 1 fully saturated rings. The van der Waals surface area contributed by atoms with Crippen molar-refractivity contribution in [3.63, 3.8) is 0 Å². The molecule has 0 aliphatic heterocycles. The van der Waals surface area contributed by atoms with Crippen LogP contribution in [0.1, 0.15) is 29.7 Å². The van der Waals surface area contributed by atoms with Gasteiger partial charge in [0.2, 0.25) is 0 Å². The van der Waals surface area contributed by atoms with Crippen LogP contribution in [0.15, 0.2) is 41.0 Å². The summed E-state index contributed by atoms with van der Waals surface area (Å²) in [5.74, 6) is 0.990. The molecule has 3 heteroatoms. The summed E-state index contributed by atoms with van der Waals surface area (Å²) in [6, 6.07) is 11.4. The van der Waals surface area contributed by atoms with Gasteiger partial charge >= 0.3 is 0 Å². The second kappa shape index (κ2) is 5.71. The van der Waals surface area contributed by atoms with E-state index in [1.807, 2.05) is 12.1 Å². The number of hydrogen-bond acceptors (Lipinski definition) is 3. The molecule has 1 aromatic heterocycles. The molecule has 1 aromatic carbocycles. The van der Waals surface area contributed by atoms with E-state index in [1.54, 1.807) is 6.26 Å². The van der Waals surface area contributed by atoms with Gasteiger partial charge in [-0.3, -0.25) is 0 Å². The summed E-state index contributed by atoms with van der Waals surface area (Å²) in [4.78, 5) is 2.21. The quantitative estimate of drug-likeness (QED) is 0.871. The molecular weight excluding hydrogens is 248 g/mol. The topological polar surface area (TPSA) is 28.4 Å². The molecule has 2 aromatic rings. The van der Waals surface area contributed by atoms with Crippen molar-refractivity contribution in [3.8, 4) is 0 Å². The minimum Gasteiger partial charge on any atom is -0.467 e. The average molecular weight is 270 g/mol. The van der Waals surface area contributed by atoms with Crippen molar-refractivity contribution in [2.75, 3.05) is 11.9 Å². The first kappa shape index (κ1) is 13.3. The Bertz CT molecular complexity index is 558. The summed E-state index contributed by atoms with van der Waals surface area (Å²) < 4.78 is 5.40. The molecule has 0 bridgehead atoms. The van der Waals surface area contributed by atoms with Gasteiger partial charge in [-0.15, -0.1) is 0 Å². The molecule has 3 nitrogen and oxygen atoms in total. The Hall–Kier alpha value is -1.74. The van der Waals surface area contributed by atoms with E-state index in [2.05, 4.69) is 42.4 Å². The molecule has 1 aliphatic carbocycles. The number of nitrogens with one attached hydrogen (secondary N) is 1. The minimum absolute atomic E-state index is 0.760. The summed E-state index contributed by atoms with van der Waals surface area (Å²) in [7, 11) is 2.10. The fourth-order valence-corrected chi connectivity index (χ4v) is 2.39. The van der Waals surface area contributed by atoms with Crippen LogP contribution in [0.3, 0.4) is 0 Å². The van der Waals surface area contributed by atoms with Gasteiger partial charge in [-0.05, 0) is 55.2 Å². The molecule has 20 heavy (non-hydrogen) atoms. The van der Waals surface area contributed by atoms with Crippen molar-refractivity contribution in [2.45, 2.75) is 38.9 Å². The van der Waals surface area contributed by atoms with Crippen LogP contribution >= 0.6 is 0 Å². The van der Waals surface area contributed by atoms with Crippen LogP contribution in [0.2, 0.25) is 0 Å². The Labute approximate surface area is 120 Å². The van der Waals surface area contributed by atoms with Crippen LogP contribution < -0.4 is 10.2 Å². The lowest BCUT2D eigenvalue weighted by Crippen LogP contribution is -2.18. The van der Waals surface area contributed by atoms with Gasteiger partial charge in [0.25, 0.3) is 0 Å². The lowest BCUT2D eigenvalue weighted by atomic mass is 10.1. The Morgan fingerprint density at radius 3 is 2.80 bits per heavy atom. The third-order valence-corrected chi connectivity index (χ3v) is 3.90. The van der Waals surface area contributed by atoms with E-state index >= 15 is 0 Å². The van der Waals surface area contributed by atoms with E-state index in [1.165, 1.54) is 29.7 Å². The fourth-order valence-electron chi connectivity index (χ4n) is 2.39. The Kier molecular flexibility index (Phi) is 3.79. The van der Waals surface area contributed by atoms with Crippen LogP contribution in [0.5, 0.6) is 0 Å². The number of benzene rings is 1. The number of furan rings is 1. The maximum absolute atomic E-state index is 5.40. The van der Waals surface area contributed by atoms with Gasteiger partial charge in [0.15, 0.2) is 0 Å². The molecule has 1 heterocycles. The standard InChI is InChI=1S/C17H22N2O/c1-13-10-16(19(2)12-17-4-3-9-20-17)8-5-14(13)11-18-15-6-7-15/h3-5,8-10,15,18H,6-7,11-12H2,1-2H3. The highest BCUT2D eigenvalue weighted by Crippen LogP contribution is 2.22. The van der Waals surface area contributed by atoms with Gasteiger partial charge in [0.1, 0.15) is 5.76 Å². The summed E-state index contributed by atoms with van der Waals surface area (Å²) in [6.07, 6.45) is 4.40. The molecule has 0 atom stereocenters. The van der Waals surface area contributed by atoms with Crippen LogP contribution in [0, 0.1) is 6.92 Å². The number of nitrogens with zero attached hydrogens (tertiary/aromatic N) is 1. The van der Waals surface area contributed by atoms with Gasteiger partial charge < -0.3 is 14.6 Å². The zero-order chi connectivity index (χ0) is 13.9. The molecule has 1 aliphatic rings. The van der Waals surface area contributed by atoms with Crippen LogP contribution in [-0.4, -0.2) is 13.1 Å². The van der Waals surface area contributed by atoms with Crippen molar-refractivity contribution in [1.82, 2.24) is 5.32 Å². The second-order valence-corrected chi connectivity index (χ2v) is 5.70. The van der Waals surface area contributed by atoms with Gasteiger partial charge in [-0.25, -0.2) is 0 Å². The molecule has 0 unspecified atom stereocenters. The number of hydrogen-bond donors (Lipinski definition) is 1. The highest BCUT2D eigenvalue weighted by Gasteiger charge is 2.20. The molecule has 3 rings (SSSR count). The van der Waals surface area contributed by atoms with E-state index in [0.717, 1.165) is 24.9 Å². The first-order valence-electron chi connectivity index (χ1n) is 7.29. The summed E-state index contributed by atoms with van der Waals surface area (Å²) in [5.41, 5.74) is 3.98. The van der Waals surface area contributed by atoms with Crippen molar-refractivity contribution < 1.29 is 4.42 Å². The SMILES string of the molecule is Cc1cc(N(C)Cc2ccco2)ccc1CNC1CC1. The van der Waals surface area contributed by atoms with Crippen molar-refractivity contribution in [3.05, 3.63) is 53.5 Å². The Morgan fingerprint density at radius 1 is 1.30 bits per heavy atom. The maximum atomic E-state index is 5.40. The number of anilines is 1. The summed E-state index contributed by atoms with van der Waals surface area (Å²) in [5, 5.41) is 3.57. The highest BCUT2D eigenvalue weighted by molar-refractivity contribution is 5.50. The minimum atomic E-state index is 0.760. The lowest BCUT2D eigenvalue weighted by molar-refractivity contribution is 0.507. The lowest BCUT2D eigenvalue weighted by Gasteiger charge is -2.19. The van der Waals surface area contributed by atoms with E-state index in [-0.39, 0.29) is 0 Å². The van der Waals surface area contributed by atoms with Gasteiger partial charge in [0, 0.05) is 25.3 Å². The third kappa shape index (κ3) is 3.23. The Morgan fingerprint density at radius 2 is 2.15 bits per heavy atom. The van der Waals surface area contributed by atoms with Gasteiger partial charge in [0.05, 0.1) is 12.8 Å². The van der Waals surface area contributed by atoms with E-state index < -0.39 is 0 Å². The van der Waals surface area contributed by atoms with Crippen LogP contribution in [0.4, 0.5) is 5.69 Å². The fraction of sp³-hybridized carbons (Fsp3) is 0.412. The first-order valence-corrected chi connectivity index (χ1v) is 7.29. The average Bonchev–Trinajstić information content (AvgIpc) is 3.13. The van der Waals surface area contributed by atoms with E-state index in [4.69, 9.17) is 4.42 Å². The number of aryl methyl sites for hydroxylation is 1. The van der Waals surface area contributed by atoms with Crippen molar-refractivity contribution >= 4 is 5.69 Å². The van der Waals surface area contributed by atoms with Crippen LogP contribution in [0.25, 0.3) is 0 Å². The first-order chi connectivity index (χ1) is 9.72. The smallest absolute Gasteiger partial charge is 0.123 e. The van der Waals surface area contributed by atoms with Gasteiger partial charge in [-0.1, -0.05) is 6.07 Å². The molecule has 0 radical (unpaired) electrons. The highest BCUT2D eigenvalue weighted by atomic mass is 16.3. The molecule has 0 spiro atoms. The zero-order valence-corrected chi connectivity index (χ0v) is 12.2. The predicted molar refractivity (Wildman–Crippen MR) is 81.9 cm³/mol. The molecule has 106 valence electrons. The van der Waals surface area contributed by atoms with Crippen molar-refractivity contribution in [1.29, 1.82) is 0 Å². The molecule has 1 saturated carbocycles. The zero-order valence-electron chi connectivity index (χ0n) is 12.2. The van der Waals surface area contributed by atoms with Crippen LogP contribution in [-0.2, 0) is 13.1 Å². The molecule has 0 saturated heterocycles. The molecule has 0 amide bonds. The molecule has 1 N–H and O–H groups in total. The van der Waals surface area contributed by atoms with E-state index in [0.29, 0.717) is 0 Å². The maximum Gasteiger partial charge on any atom is 0.123 e.